The van der Waals surface area contributed by atoms with E-state index in [-0.39, 0.29) is 25.1 Å². The highest BCUT2D eigenvalue weighted by molar-refractivity contribution is 5.59. The van der Waals surface area contributed by atoms with Crippen LogP contribution >= 0.6 is 0 Å². The Bertz CT molecular complexity index is 1080. The van der Waals surface area contributed by atoms with E-state index in [0.29, 0.717) is 30.1 Å². The second-order valence-corrected chi connectivity index (χ2v) is 8.07. The van der Waals surface area contributed by atoms with Crippen molar-refractivity contribution in [3.63, 3.8) is 0 Å². The molecular weight excluding hydrogens is 396 g/mol. The Kier molecular flexibility index (Phi) is 5.94. The van der Waals surface area contributed by atoms with Gasteiger partial charge in [-0.05, 0) is 44.0 Å². The topological polar surface area (TPSA) is 131 Å². The Morgan fingerprint density at radius 1 is 1.32 bits per heavy atom. The Morgan fingerprint density at radius 3 is 2.71 bits per heavy atom. The third-order valence-corrected chi connectivity index (χ3v) is 5.64. The summed E-state index contributed by atoms with van der Waals surface area (Å²) in [5, 5.41) is 33.1. The van der Waals surface area contributed by atoms with Gasteiger partial charge < -0.3 is 30.1 Å². The van der Waals surface area contributed by atoms with Crippen molar-refractivity contribution >= 4 is 0 Å². The Balaban J connectivity index is 1.47. The molecule has 8 heteroatoms. The van der Waals surface area contributed by atoms with Crippen LogP contribution in [-0.2, 0) is 0 Å². The number of nitrogens with zero attached hydrogens (tertiary/aromatic N) is 3. The van der Waals surface area contributed by atoms with Gasteiger partial charge in [-0.3, -0.25) is 0 Å². The van der Waals surface area contributed by atoms with E-state index >= 15 is 0 Å². The van der Waals surface area contributed by atoms with Crippen molar-refractivity contribution in [2.75, 3.05) is 13.2 Å². The molecule has 2 atom stereocenters. The lowest BCUT2D eigenvalue weighted by molar-refractivity contribution is -0.0926. The Morgan fingerprint density at radius 2 is 2.06 bits per heavy atom. The first-order valence-corrected chi connectivity index (χ1v) is 10.2. The van der Waals surface area contributed by atoms with Crippen LogP contribution in [0.2, 0.25) is 0 Å². The molecule has 1 aliphatic carbocycles. The molecule has 0 radical (unpaired) electrons. The Labute approximate surface area is 180 Å². The zero-order chi connectivity index (χ0) is 22.0. The lowest BCUT2D eigenvalue weighted by Gasteiger charge is -2.39. The number of aromatic nitrogens is 3. The molecule has 4 rings (SSSR count). The number of benzene rings is 1. The van der Waals surface area contributed by atoms with E-state index in [2.05, 4.69) is 22.0 Å². The summed E-state index contributed by atoms with van der Waals surface area (Å²) in [7, 11) is 0. The third-order valence-electron chi connectivity index (χ3n) is 5.64. The lowest BCUT2D eigenvalue weighted by Crippen LogP contribution is -2.46. The van der Waals surface area contributed by atoms with E-state index in [1.165, 1.54) is 0 Å². The summed E-state index contributed by atoms with van der Waals surface area (Å²) in [5.74, 6) is 7.49. The molecule has 3 aromatic rings. The van der Waals surface area contributed by atoms with Gasteiger partial charge in [0.15, 0.2) is 5.76 Å². The van der Waals surface area contributed by atoms with Crippen LogP contribution in [0.15, 0.2) is 47.2 Å². The van der Waals surface area contributed by atoms with E-state index in [9.17, 15) is 10.2 Å². The van der Waals surface area contributed by atoms with E-state index < -0.39 is 11.7 Å². The van der Waals surface area contributed by atoms with Gasteiger partial charge in [0.25, 0.3) is 0 Å². The average molecular weight is 422 g/mol. The number of aliphatic hydroxyl groups is 3. The number of rotatable bonds is 6. The van der Waals surface area contributed by atoms with Gasteiger partial charge in [0.05, 0.1) is 18.2 Å². The fourth-order valence-electron chi connectivity index (χ4n) is 3.86. The number of nitrogens with two attached hydrogens (primary N) is 1. The van der Waals surface area contributed by atoms with Crippen LogP contribution in [0, 0.1) is 17.8 Å². The quantitative estimate of drug-likeness (QED) is 0.444. The van der Waals surface area contributed by atoms with E-state index in [0.717, 1.165) is 11.1 Å². The average Bonchev–Trinajstić information content (AvgIpc) is 3.42. The van der Waals surface area contributed by atoms with Crippen molar-refractivity contribution in [1.82, 2.24) is 14.7 Å². The molecule has 31 heavy (non-hydrogen) atoms. The van der Waals surface area contributed by atoms with Gasteiger partial charge in [0.1, 0.15) is 17.6 Å². The zero-order valence-electron chi connectivity index (χ0n) is 17.3. The summed E-state index contributed by atoms with van der Waals surface area (Å²) in [6.07, 6.45) is 3.68. The second kappa shape index (κ2) is 8.65. The van der Waals surface area contributed by atoms with Gasteiger partial charge >= 0.3 is 0 Å². The highest BCUT2D eigenvalue weighted by Crippen LogP contribution is 2.36. The van der Waals surface area contributed by atoms with Gasteiger partial charge in [-0.15, -0.1) is 0 Å². The van der Waals surface area contributed by atoms with Gasteiger partial charge in [-0.1, -0.05) is 17.0 Å². The van der Waals surface area contributed by atoms with Crippen LogP contribution < -0.4 is 5.73 Å². The maximum Gasteiger partial charge on any atom is 0.167 e. The molecule has 1 fully saturated rings. The molecule has 8 nitrogen and oxygen atoms in total. The lowest BCUT2D eigenvalue weighted by atomic mass is 9.72. The van der Waals surface area contributed by atoms with E-state index in [1.54, 1.807) is 19.3 Å². The van der Waals surface area contributed by atoms with Crippen molar-refractivity contribution in [1.29, 1.82) is 0 Å². The van der Waals surface area contributed by atoms with E-state index in [1.807, 2.05) is 34.9 Å². The summed E-state index contributed by atoms with van der Waals surface area (Å²) in [5.41, 5.74) is 7.40. The number of imidazole rings is 1. The SMILES string of the molecule is C[C@H](O)c1nccn1[C@H](CN)c1cc(-c2ccc(C#C[C@H]3C[C@](O)(CO)C3)cc2)on1. The number of aliphatic hydroxyl groups excluding tert-OH is 2. The second-order valence-electron chi connectivity index (χ2n) is 8.07. The maximum absolute atomic E-state index is 9.93. The van der Waals surface area contributed by atoms with Gasteiger partial charge in [0.2, 0.25) is 0 Å². The molecule has 162 valence electrons. The summed E-state index contributed by atoms with van der Waals surface area (Å²) < 4.78 is 7.35. The zero-order valence-corrected chi connectivity index (χ0v) is 17.3. The monoisotopic (exact) mass is 422 g/mol. The maximum atomic E-state index is 9.93. The molecule has 1 aromatic carbocycles. The largest absolute Gasteiger partial charge is 0.393 e. The molecular formula is C23H26N4O4. The smallest absolute Gasteiger partial charge is 0.167 e. The van der Waals surface area contributed by atoms with Crippen molar-refractivity contribution < 1.29 is 19.8 Å². The highest BCUT2D eigenvalue weighted by atomic mass is 16.5. The fraction of sp³-hybridized carbons (Fsp3) is 0.391. The summed E-state index contributed by atoms with van der Waals surface area (Å²) >= 11 is 0. The van der Waals surface area contributed by atoms with Crippen LogP contribution in [0.5, 0.6) is 0 Å². The molecule has 2 heterocycles. The minimum absolute atomic E-state index is 0.108. The molecule has 0 saturated heterocycles. The van der Waals surface area contributed by atoms with Gasteiger partial charge in [-0.2, -0.15) is 0 Å². The van der Waals surface area contributed by atoms with Gasteiger partial charge in [0, 0.05) is 42.0 Å². The molecule has 0 amide bonds. The predicted octanol–water partition coefficient (Wildman–Crippen LogP) is 1.62. The van der Waals surface area contributed by atoms with Crippen LogP contribution in [0.25, 0.3) is 11.3 Å². The molecule has 0 bridgehead atoms. The van der Waals surface area contributed by atoms with Crippen molar-refractivity contribution in [2.24, 2.45) is 11.7 Å². The summed E-state index contributed by atoms with van der Waals surface area (Å²) in [4.78, 5) is 4.20. The van der Waals surface area contributed by atoms with Gasteiger partial charge in [-0.25, -0.2) is 4.98 Å². The first-order chi connectivity index (χ1) is 14.9. The van der Waals surface area contributed by atoms with Crippen molar-refractivity contribution in [3.8, 4) is 23.2 Å². The molecule has 0 unspecified atom stereocenters. The normalized spacial score (nSPS) is 22.3. The summed E-state index contributed by atoms with van der Waals surface area (Å²) in [6.45, 7) is 1.72. The van der Waals surface area contributed by atoms with E-state index in [4.69, 9.17) is 15.4 Å². The molecule has 2 aromatic heterocycles. The summed E-state index contributed by atoms with van der Waals surface area (Å²) in [6, 6.07) is 9.18. The first-order valence-electron chi connectivity index (χ1n) is 10.2. The minimum Gasteiger partial charge on any atom is -0.393 e. The Hall–Kier alpha value is -2.96. The van der Waals surface area contributed by atoms with Crippen LogP contribution in [0.4, 0.5) is 0 Å². The van der Waals surface area contributed by atoms with Crippen molar-refractivity contribution in [2.45, 2.75) is 37.5 Å². The van der Waals surface area contributed by atoms with Crippen LogP contribution in [0.3, 0.4) is 0 Å². The minimum atomic E-state index is -0.957. The van der Waals surface area contributed by atoms with Crippen LogP contribution in [0.1, 0.15) is 49.0 Å². The highest BCUT2D eigenvalue weighted by Gasteiger charge is 2.41. The number of hydrogen-bond acceptors (Lipinski definition) is 7. The molecule has 1 saturated carbocycles. The standard InChI is InChI=1S/C23H26N4O4/c1-15(29)22-25-8-9-27(22)20(13-24)19-10-21(31-26-19)18-6-4-16(5-7-18)2-3-17-11-23(30,12-17)14-28/h4-10,15,17,20,28-30H,11-14,24H2,1H3/t15-,17-,20+,23+/m0/s1. The molecule has 5 N–H and O–H groups in total. The first kappa shape index (κ1) is 21.3. The number of hydrogen-bond donors (Lipinski definition) is 4. The molecule has 0 spiro atoms. The molecule has 1 aliphatic rings. The fourth-order valence-corrected chi connectivity index (χ4v) is 3.86. The third kappa shape index (κ3) is 4.40. The predicted molar refractivity (Wildman–Crippen MR) is 114 cm³/mol. The van der Waals surface area contributed by atoms with Crippen LogP contribution in [-0.4, -0.2) is 48.8 Å². The molecule has 0 aliphatic heterocycles. The van der Waals surface area contributed by atoms with Crippen molar-refractivity contribution in [3.05, 3.63) is 59.8 Å².